The first-order chi connectivity index (χ1) is 12.0. The van der Waals surface area contributed by atoms with E-state index in [4.69, 9.17) is 0 Å². The molecule has 1 aliphatic heterocycles. The topological polar surface area (TPSA) is 131 Å². The van der Waals surface area contributed by atoms with Crippen LogP contribution in [0.25, 0.3) is 0 Å². The summed E-state index contributed by atoms with van der Waals surface area (Å²) in [6.45, 7) is 1.07. The van der Waals surface area contributed by atoms with Gasteiger partial charge in [0.1, 0.15) is 5.92 Å². The van der Waals surface area contributed by atoms with Gasteiger partial charge in [-0.2, -0.15) is 13.2 Å². The van der Waals surface area contributed by atoms with E-state index in [0.29, 0.717) is 0 Å². The number of nitrogens with zero attached hydrogens (tertiary/aromatic N) is 1. The number of non-ortho nitro benzene ring substituents is 1. The van der Waals surface area contributed by atoms with Gasteiger partial charge >= 0.3 is 18.2 Å². The lowest BCUT2D eigenvalue weighted by Crippen LogP contribution is -2.73. The Bertz CT molecular complexity index is 741. The summed E-state index contributed by atoms with van der Waals surface area (Å²) >= 11 is 0. The van der Waals surface area contributed by atoms with Crippen LogP contribution in [-0.2, 0) is 9.53 Å². The van der Waals surface area contributed by atoms with E-state index in [1.165, 1.54) is 24.4 Å². The van der Waals surface area contributed by atoms with E-state index in [9.17, 15) is 38.0 Å². The molecule has 142 valence electrons. The van der Waals surface area contributed by atoms with Crippen molar-refractivity contribution in [1.29, 1.82) is 0 Å². The largest absolute Gasteiger partial charge is 0.466 e. The van der Waals surface area contributed by atoms with Gasteiger partial charge in [-0.3, -0.25) is 14.9 Å². The van der Waals surface area contributed by atoms with Gasteiger partial charge in [0.15, 0.2) is 0 Å². The predicted octanol–water partition coefficient (Wildman–Crippen LogP) is 1.38. The zero-order chi connectivity index (χ0) is 19.7. The number of esters is 1. The van der Waals surface area contributed by atoms with Crippen LogP contribution in [0.3, 0.4) is 0 Å². The minimum Gasteiger partial charge on any atom is -0.466 e. The summed E-state index contributed by atoms with van der Waals surface area (Å²) in [5, 5.41) is 24.4. The Morgan fingerprint density at radius 2 is 2.12 bits per heavy atom. The number of rotatable bonds is 4. The fourth-order valence-corrected chi connectivity index (χ4v) is 2.65. The monoisotopic (exact) mass is 377 g/mol. The molecular formula is C14H14F3N3O6. The van der Waals surface area contributed by atoms with Crippen molar-refractivity contribution in [2.24, 2.45) is 5.92 Å². The molecule has 3 N–H and O–H groups in total. The molecule has 0 bridgehead atoms. The van der Waals surface area contributed by atoms with Gasteiger partial charge in [0.05, 0.1) is 17.6 Å². The zero-order valence-corrected chi connectivity index (χ0v) is 13.2. The summed E-state index contributed by atoms with van der Waals surface area (Å²) in [6.07, 6.45) is -5.42. The average Bonchev–Trinajstić information content (AvgIpc) is 2.53. The number of nitro benzene ring substituents is 1. The van der Waals surface area contributed by atoms with E-state index in [-0.39, 0.29) is 12.2 Å². The Kier molecular flexibility index (Phi) is 5.07. The van der Waals surface area contributed by atoms with Crippen molar-refractivity contribution in [3.63, 3.8) is 0 Å². The van der Waals surface area contributed by atoms with Crippen molar-refractivity contribution in [2.45, 2.75) is 24.9 Å². The van der Waals surface area contributed by atoms with Crippen molar-refractivity contribution >= 4 is 17.7 Å². The first-order valence-corrected chi connectivity index (χ1v) is 7.30. The van der Waals surface area contributed by atoms with E-state index >= 15 is 0 Å². The van der Waals surface area contributed by atoms with Crippen LogP contribution in [0, 0.1) is 16.0 Å². The second kappa shape index (κ2) is 6.78. The number of alkyl halides is 3. The molecule has 26 heavy (non-hydrogen) atoms. The normalized spacial score (nSPS) is 25.8. The summed E-state index contributed by atoms with van der Waals surface area (Å²) in [6, 6.07) is 1.24. The molecule has 0 aromatic heterocycles. The molecule has 0 saturated carbocycles. The number of hydrogen-bond donors (Lipinski definition) is 3. The molecule has 1 saturated heterocycles. The Labute approximate surface area is 144 Å². The summed E-state index contributed by atoms with van der Waals surface area (Å²) < 4.78 is 44.9. The number of nitro groups is 1. The molecule has 9 nitrogen and oxygen atoms in total. The SMILES string of the molecule is CCOC(=O)C1C(c2cccc([N+](=O)[O-])c2)NC(=O)NC1(O)C(F)(F)F. The van der Waals surface area contributed by atoms with E-state index < -0.39 is 46.5 Å². The Hall–Kier alpha value is -2.89. The fraction of sp³-hybridized carbons (Fsp3) is 0.429. The molecule has 1 fully saturated rings. The van der Waals surface area contributed by atoms with Crippen LogP contribution in [-0.4, -0.2) is 40.5 Å². The van der Waals surface area contributed by atoms with E-state index in [0.717, 1.165) is 12.1 Å². The third-order valence-electron chi connectivity index (χ3n) is 3.79. The van der Waals surface area contributed by atoms with Gasteiger partial charge in [0, 0.05) is 12.1 Å². The smallest absolute Gasteiger partial charge is 0.437 e. The number of carbonyl (C=O) groups is 2. The number of nitrogens with one attached hydrogen (secondary N) is 2. The molecular weight excluding hydrogens is 363 g/mol. The number of halogens is 3. The van der Waals surface area contributed by atoms with Gasteiger partial charge < -0.3 is 20.5 Å². The molecule has 1 aromatic rings. The summed E-state index contributed by atoms with van der Waals surface area (Å²) in [5.41, 5.74) is -4.56. The Morgan fingerprint density at radius 3 is 2.65 bits per heavy atom. The lowest BCUT2D eigenvalue weighted by atomic mass is 9.82. The molecule has 1 aromatic carbocycles. The van der Waals surface area contributed by atoms with E-state index in [1.54, 1.807) is 0 Å². The first-order valence-electron chi connectivity index (χ1n) is 7.30. The van der Waals surface area contributed by atoms with Gasteiger partial charge in [-0.15, -0.1) is 0 Å². The maximum atomic E-state index is 13.4. The number of urea groups is 1. The molecule has 0 spiro atoms. The van der Waals surface area contributed by atoms with Crippen LogP contribution in [0.15, 0.2) is 24.3 Å². The van der Waals surface area contributed by atoms with Crippen LogP contribution in [0.5, 0.6) is 0 Å². The van der Waals surface area contributed by atoms with Crippen LogP contribution in [0.1, 0.15) is 18.5 Å². The fourth-order valence-electron chi connectivity index (χ4n) is 2.65. The summed E-state index contributed by atoms with van der Waals surface area (Å²) in [5.74, 6) is -3.77. The number of amides is 2. The zero-order valence-electron chi connectivity index (χ0n) is 13.2. The minimum atomic E-state index is -5.42. The number of aliphatic hydroxyl groups is 1. The number of ether oxygens (including phenoxy) is 1. The maximum absolute atomic E-state index is 13.4. The Morgan fingerprint density at radius 1 is 1.46 bits per heavy atom. The van der Waals surface area contributed by atoms with Gasteiger partial charge in [-0.25, -0.2) is 4.79 Å². The molecule has 0 aliphatic carbocycles. The van der Waals surface area contributed by atoms with Gasteiger partial charge in [-0.05, 0) is 12.5 Å². The van der Waals surface area contributed by atoms with Crippen molar-refractivity contribution in [3.8, 4) is 0 Å². The van der Waals surface area contributed by atoms with Crippen LogP contribution < -0.4 is 10.6 Å². The maximum Gasteiger partial charge on any atom is 0.437 e. The highest BCUT2D eigenvalue weighted by Gasteiger charge is 2.67. The highest BCUT2D eigenvalue weighted by Crippen LogP contribution is 2.43. The molecule has 1 heterocycles. The second-order valence-electron chi connectivity index (χ2n) is 5.42. The van der Waals surface area contributed by atoms with E-state index in [1.807, 2.05) is 0 Å². The van der Waals surface area contributed by atoms with Crippen molar-refractivity contribution in [3.05, 3.63) is 39.9 Å². The first kappa shape index (κ1) is 19.4. The molecule has 3 unspecified atom stereocenters. The Balaban J connectivity index is 2.60. The van der Waals surface area contributed by atoms with Crippen molar-refractivity contribution in [1.82, 2.24) is 10.6 Å². The van der Waals surface area contributed by atoms with E-state index in [2.05, 4.69) is 10.1 Å². The quantitative estimate of drug-likeness (QED) is 0.413. The predicted molar refractivity (Wildman–Crippen MR) is 78.6 cm³/mol. The molecule has 1 aliphatic rings. The summed E-state index contributed by atoms with van der Waals surface area (Å²) in [7, 11) is 0. The van der Waals surface area contributed by atoms with Crippen LogP contribution >= 0.6 is 0 Å². The van der Waals surface area contributed by atoms with Crippen molar-refractivity contribution < 1.29 is 37.5 Å². The van der Waals surface area contributed by atoms with Crippen molar-refractivity contribution in [2.75, 3.05) is 6.61 Å². The van der Waals surface area contributed by atoms with Gasteiger partial charge in [0.25, 0.3) is 11.4 Å². The van der Waals surface area contributed by atoms with Crippen LogP contribution in [0.2, 0.25) is 0 Å². The minimum absolute atomic E-state index is 0.172. The molecule has 2 amide bonds. The lowest BCUT2D eigenvalue weighted by molar-refractivity contribution is -0.385. The molecule has 3 atom stereocenters. The third-order valence-corrected chi connectivity index (χ3v) is 3.79. The third kappa shape index (κ3) is 3.40. The molecule has 12 heteroatoms. The number of carbonyl (C=O) groups excluding carboxylic acids is 2. The van der Waals surface area contributed by atoms with Gasteiger partial charge in [0.2, 0.25) is 0 Å². The highest BCUT2D eigenvalue weighted by molar-refractivity contribution is 5.83. The molecule has 0 radical (unpaired) electrons. The number of hydrogen-bond acceptors (Lipinski definition) is 6. The molecule has 2 rings (SSSR count). The lowest BCUT2D eigenvalue weighted by Gasteiger charge is -2.44. The number of benzene rings is 1. The second-order valence-corrected chi connectivity index (χ2v) is 5.42. The standard InChI is InChI=1S/C14H14F3N3O6/c1-2-26-11(21)9-10(7-4-3-5-8(6-7)20(24)25)18-12(22)19-13(9,23)14(15,16)17/h3-6,9-10,23H,2H2,1H3,(H2,18,19,22). The van der Waals surface area contributed by atoms with Gasteiger partial charge in [-0.1, -0.05) is 12.1 Å². The highest BCUT2D eigenvalue weighted by atomic mass is 19.4. The summed E-state index contributed by atoms with van der Waals surface area (Å²) in [4.78, 5) is 33.9. The average molecular weight is 377 g/mol. The van der Waals surface area contributed by atoms with Crippen LogP contribution in [0.4, 0.5) is 23.7 Å².